The molecule has 0 fully saturated rings. The molecule has 22 heavy (non-hydrogen) atoms. The van der Waals surface area contributed by atoms with E-state index in [0.717, 1.165) is 31.6 Å². The zero-order chi connectivity index (χ0) is 15.5. The zero-order valence-electron chi connectivity index (χ0n) is 12.5. The van der Waals surface area contributed by atoms with Gasteiger partial charge < -0.3 is 16.6 Å². The molecule has 0 amide bonds. The van der Waals surface area contributed by atoms with Gasteiger partial charge in [-0.25, -0.2) is 0 Å². The average molecular weight is 390 g/mol. The van der Waals surface area contributed by atoms with Gasteiger partial charge >= 0.3 is 22.7 Å². The van der Waals surface area contributed by atoms with Crippen molar-refractivity contribution in [1.82, 2.24) is 0 Å². The van der Waals surface area contributed by atoms with Crippen LogP contribution in [0.25, 0.3) is 0 Å². The predicted molar refractivity (Wildman–Crippen MR) is 89.3 cm³/mol. The van der Waals surface area contributed by atoms with Gasteiger partial charge in [-0.15, -0.1) is 23.2 Å². The second-order valence-electron chi connectivity index (χ2n) is 4.61. The second kappa shape index (κ2) is 13.1. The van der Waals surface area contributed by atoms with Crippen molar-refractivity contribution >= 4 is 34.9 Å². The van der Waals surface area contributed by atoms with E-state index in [0.29, 0.717) is 18.2 Å². The fraction of sp³-hybridized carbons (Fsp3) is 0.500. The minimum Gasteiger partial charge on any atom is -0.499 e. The number of halogens is 2. The molecule has 125 valence electrons. The van der Waals surface area contributed by atoms with Gasteiger partial charge in [0.1, 0.15) is 0 Å². The minimum atomic E-state index is -0.183. The quantitative estimate of drug-likeness (QED) is 0.347. The van der Waals surface area contributed by atoms with E-state index >= 15 is 0 Å². The summed E-state index contributed by atoms with van der Waals surface area (Å²) in [6.07, 6.45) is 2.07. The van der Waals surface area contributed by atoms with Crippen molar-refractivity contribution < 1.29 is 26.3 Å². The number of anilines is 1. The maximum Gasteiger partial charge on any atom is 2.00 e. The van der Waals surface area contributed by atoms with Crippen LogP contribution in [0, 0.1) is 6.92 Å². The van der Waals surface area contributed by atoms with Crippen LogP contribution in [0.2, 0.25) is 0 Å². The molecule has 1 radical (unpaired) electrons. The summed E-state index contributed by atoms with van der Waals surface area (Å²) in [6, 6.07) is 8.31. The number of hydrogen-bond acceptors (Lipinski definition) is 3. The van der Waals surface area contributed by atoms with E-state index in [4.69, 9.17) is 27.9 Å². The van der Waals surface area contributed by atoms with E-state index in [1.54, 1.807) is 0 Å². The molecule has 1 aromatic rings. The summed E-state index contributed by atoms with van der Waals surface area (Å²) < 4.78 is 4.80. The number of aryl methyl sites for hydroxylation is 1. The number of esters is 1. The van der Waals surface area contributed by atoms with Crippen LogP contribution in [-0.4, -0.2) is 37.4 Å². The van der Waals surface area contributed by atoms with Gasteiger partial charge in [0, 0.05) is 37.0 Å². The first-order valence-corrected chi connectivity index (χ1v) is 8.19. The van der Waals surface area contributed by atoms with E-state index in [2.05, 4.69) is 36.1 Å². The van der Waals surface area contributed by atoms with Crippen LogP contribution in [0.4, 0.5) is 5.69 Å². The minimum absolute atomic E-state index is 0. The molecule has 0 heterocycles. The van der Waals surface area contributed by atoms with Gasteiger partial charge in [0.15, 0.2) is 0 Å². The Balaban J connectivity index is 0.00000441. The number of alkyl halides is 2. The topological polar surface area (TPSA) is 29.5 Å². The van der Waals surface area contributed by atoms with E-state index in [9.17, 15) is 4.79 Å². The molecule has 0 atom stereocenters. The molecule has 6 heteroatoms. The van der Waals surface area contributed by atoms with Crippen molar-refractivity contribution in [2.45, 2.75) is 19.3 Å². The Morgan fingerprint density at radius 2 is 1.73 bits per heavy atom. The molecule has 0 saturated carbocycles. The van der Waals surface area contributed by atoms with Crippen LogP contribution in [0.3, 0.4) is 0 Å². The molecule has 0 bridgehead atoms. The Hall–Kier alpha value is -0.424. The SMILES string of the molecule is [CH2-]COC(=O)CCCc1ccc(N(CCCl)CCCl)cc1.[Co+2]. The Kier molecular flexibility index (Phi) is 12.8. The Morgan fingerprint density at radius 3 is 2.23 bits per heavy atom. The van der Waals surface area contributed by atoms with Crippen LogP contribution in [0.1, 0.15) is 18.4 Å². The van der Waals surface area contributed by atoms with Crippen molar-refractivity contribution in [1.29, 1.82) is 0 Å². The smallest absolute Gasteiger partial charge is 0.499 e. The Morgan fingerprint density at radius 1 is 1.14 bits per heavy atom. The van der Waals surface area contributed by atoms with Gasteiger partial charge in [0.05, 0.1) is 0 Å². The van der Waals surface area contributed by atoms with E-state index in [1.165, 1.54) is 5.56 Å². The Bertz CT molecular complexity index is 409. The summed E-state index contributed by atoms with van der Waals surface area (Å²) in [5.74, 6) is 0.970. The standard InChI is InChI=1S/C16H22Cl2NO2.Co/c1-2-21-16(20)5-3-4-14-6-8-15(9-7-14)19(12-10-17)13-11-18;/h6-9H,1-5,10-13H2;/q-1;+2. The average Bonchev–Trinajstić information content (AvgIpc) is 2.48. The number of carbonyl (C=O) groups excluding carboxylic acids is 1. The van der Waals surface area contributed by atoms with Crippen molar-refractivity contribution in [2.24, 2.45) is 0 Å². The van der Waals surface area contributed by atoms with E-state index in [1.807, 2.05) is 0 Å². The maximum absolute atomic E-state index is 11.2. The number of benzene rings is 1. The molecule has 0 spiro atoms. The van der Waals surface area contributed by atoms with Gasteiger partial charge in [0.25, 0.3) is 0 Å². The summed E-state index contributed by atoms with van der Waals surface area (Å²) >= 11 is 11.6. The number of rotatable bonds is 10. The molecule has 3 nitrogen and oxygen atoms in total. The Labute approximate surface area is 153 Å². The van der Waals surface area contributed by atoms with E-state index < -0.39 is 0 Å². The summed E-state index contributed by atoms with van der Waals surface area (Å²) in [4.78, 5) is 13.4. The second-order valence-corrected chi connectivity index (χ2v) is 5.36. The monoisotopic (exact) mass is 389 g/mol. The van der Waals surface area contributed by atoms with Gasteiger partial charge in [-0.2, -0.15) is 0 Å². The van der Waals surface area contributed by atoms with Crippen LogP contribution < -0.4 is 4.90 Å². The summed E-state index contributed by atoms with van der Waals surface area (Å²) in [5, 5.41) is 0. The number of ether oxygens (including phenoxy) is 1. The summed E-state index contributed by atoms with van der Waals surface area (Å²) in [6.45, 7) is 5.25. The summed E-state index contributed by atoms with van der Waals surface area (Å²) in [5.41, 5.74) is 2.33. The molecular formula is C16H22Cl2CoNO2+. The molecule has 1 aromatic carbocycles. The number of carbonyl (C=O) groups is 1. The maximum atomic E-state index is 11.2. The molecule has 0 N–H and O–H groups in total. The zero-order valence-corrected chi connectivity index (χ0v) is 15.1. The fourth-order valence-corrected chi connectivity index (χ4v) is 2.48. The first-order valence-electron chi connectivity index (χ1n) is 7.12. The third-order valence-electron chi connectivity index (χ3n) is 3.12. The number of hydrogen-bond donors (Lipinski definition) is 0. The number of nitrogens with zero attached hydrogens (tertiary/aromatic N) is 1. The molecular weight excluding hydrogens is 368 g/mol. The molecule has 0 unspecified atom stereocenters. The third-order valence-corrected chi connectivity index (χ3v) is 3.46. The molecule has 0 aliphatic rings. The normalized spacial score (nSPS) is 9.95. The predicted octanol–water partition coefficient (Wildman–Crippen LogP) is 3.67. The first kappa shape index (κ1) is 21.6. The van der Waals surface area contributed by atoms with Crippen molar-refractivity contribution in [3.8, 4) is 0 Å². The van der Waals surface area contributed by atoms with E-state index in [-0.39, 0.29) is 29.4 Å². The van der Waals surface area contributed by atoms with Crippen LogP contribution in [0.5, 0.6) is 0 Å². The molecule has 0 saturated heterocycles. The van der Waals surface area contributed by atoms with Crippen LogP contribution >= 0.6 is 23.2 Å². The molecule has 1 rings (SSSR count). The van der Waals surface area contributed by atoms with Crippen LogP contribution in [-0.2, 0) is 32.7 Å². The van der Waals surface area contributed by atoms with Gasteiger partial charge in [-0.3, -0.25) is 4.79 Å². The third kappa shape index (κ3) is 8.27. The van der Waals surface area contributed by atoms with Crippen molar-refractivity contribution in [3.63, 3.8) is 0 Å². The fourth-order valence-electron chi connectivity index (χ4n) is 2.07. The molecule has 0 aliphatic heterocycles. The summed E-state index contributed by atoms with van der Waals surface area (Å²) in [7, 11) is 0. The van der Waals surface area contributed by atoms with Crippen molar-refractivity contribution in [3.05, 3.63) is 36.8 Å². The van der Waals surface area contributed by atoms with Crippen molar-refractivity contribution in [2.75, 3.05) is 36.4 Å². The first-order chi connectivity index (χ1) is 10.2. The molecule has 0 aromatic heterocycles. The largest absolute Gasteiger partial charge is 2.00 e. The van der Waals surface area contributed by atoms with Gasteiger partial charge in [-0.05, 0) is 37.1 Å². The van der Waals surface area contributed by atoms with Crippen LogP contribution in [0.15, 0.2) is 24.3 Å². The molecule has 0 aliphatic carbocycles. The van der Waals surface area contributed by atoms with Gasteiger partial charge in [0.2, 0.25) is 0 Å². The van der Waals surface area contributed by atoms with Gasteiger partial charge in [-0.1, -0.05) is 12.1 Å².